The molecule has 0 aromatic heterocycles. The Morgan fingerprint density at radius 1 is 0.972 bits per heavy atom. The van der Waals surface area contributed by atoms with Gasteiger partial charge >= 0.3 is 5.97 Å². The summed E-state index contributed by atoms with van der Waals surface area (Å²) in [5, 5.41) is 5.66. The molecular formula is C27H37N2O6P. The van der Waals surface area contributed by atoms with Gasteiger partial charge in [0.25, 0.3) is 0 Å². The van der Waals surface area contributed by atoms with E-state index in [1.807, 2.05) is 50.2 Å². The number of anilines is 1. The maximum atomic E-state index is 13.4. The zero-order chi connectivity index (χ0) is 26.6. The van der Waals surface area contributed by atoms with E-state index in [0.717, 1.165) is 5.56 Å². The highest BCUT2D eigenvalue weighted by molar-refractivity contribution is 7.58. The van der Waals surface area contributed by atoms with E-state index in [4.69, 9.17) is 0 Å². The molecule has 0 radical (unpaired) electrons. The summed E-state index contributed by atoms with van der Waals surface area (Å²) in [5.41, 5.74) is 1.62. The maximum Gasteiger partial charge on any atom is 0.306 e. The minimum Gasteiger partial charge on any atom is -0.469 e. The molecule has 0 heterocycles. The maximum absolute atomic E-state index is 13.4. The molecule has 3 atom stereocenters. The van der Waals surface area contributed by atoms with Crippen LogP contribution in [0.2, 0.25) is 0 Å². The summed E-state index contributed by atoms with van der Waals surface area (Å²) in [6.07, 6.45) is 0.520. The number of ether oxygens (including phenoxy) is 1. The lowest BCUT2D eigenvalue weighted by atomic mass is 9.98. The van der Waals surface area contributed by atoms with Crippen LogP contribution >= 0.6 is 7.37 Å². The van der Waals surface area contributed by atoms with Crippen LogP contribution in [0.25, 0.3) is 0 Å². The summed E-state index contributed by atoms with van der Waals surface area (Å²) < 4.78 is 17.5. The van der Waals surface area contributed by atoms with Crippen LogP contribution in [-0.4, -0.2) is 48.2 Å². The summed E-state index contributed by atoms with van der Waals surface area (Å²) in [6.45, 7) is 3.91. The lowest BCUT2D eigenvalue weighted by Gasteiger charge is -2.25. The van der Waals surface area contributed by atoms with Gasteiger partial charge in [-0.25, -0.2) is 0 Å². The Morgan fingerprint density at radius 2 is 1.58 bits per heavy atom. The summed E-state index contributed by atoms with van der Waals surface area (Å²) in [6, 6.07) is 17.7. The van der Waals surface area contributed by atoms with Crippen molar-refractivity contribution in [3.05, 3.63) is 66.2 Å². The van der Waals surface area contributed by atoms with Gasteiger partial charge in [-0.3, -0.25) is 18.9 Å². The third-order valence-corrected chi connectivity index (χ3v) is 7.71. The minimum atomic E-state index is -3.80. The highest BCUT2D eigenvalue weighted by Gasteiger charge is 2.32. The highest BCUT2D eigenvalue weighted by Crippen LogP contribution is 2.44. The summed E-state index contributed by atoms with van der Waals surface area (Å²) in [4.78, 5) is 48.4. The third kappa shape index (κ3) is 10.8. The van der Waals surface area contributed by atoms with Crippen molar-refractivity contribution >= 4 is 30.8 Å². The Kier molecular flexibility index (Phi) is 11.8. The zero-order valence-corrected chi connectivity index (χ0v) is 22.1. The number of hydrogen-bond donors (Lipinski definition) is 3. The number of amides is 2. The van der Waals surface area contributed by atoms with Crippen molar-refractivity contribution in [2.45, 2.75) is 45.6 Å². The second-order valence-corrected chi connectivity index (χ2v) is 11.9. The van der Waals surface area contributed by atoms with E-state index in [-0.39, 0.29) is 30.6 Å². The van der Waals surface area contributed by atoms with Gasteiger partial charge in [0.05, 0.1) is 13.5 Å². The molecule has 196 valence electrons. The summed E-state index contributed by atoms with van der Waals surface area (Å²) >= 11 is 0. The molecule has 0 bridgehead atoms. The van der Waals surface area contributed by atoms with E-state index < -0.39 is 31.2 Å². The first kappa shape index (κ1) is 29.3. The van der Waals surface area contributed by atoms with Crippen LogP contribution in [0, 0.1) is 11.8 Å². The van der Waals surface area contributed by atoms with Gasteiger partial charge in [-0.05, 0) is 42.9 Å². The van der Waals surface area contributed by atoms with Crippen molar-refractivity contribution in [2.75, 3.05) is 24.8 Å². The average molecular weight is 517 g/mol. The molecule has 0 aliphatic carbocycles. The zero-order valence-electron chi connectivity index (χ0n) is 21.2. The van der Waals surface area contributed by atoms with Crippen LogP contribution in [-0.2, 0) is 30.1 Å². The van der Waals surface area contributed by atoms with Gasteiger partial charge in [-0.2, -0.15) is 0 Å². The van der Waals surface area contributed by atoms with E-state index in [0.29, 0.717) is 24.9 Å². The van der Waals surface area contributed by atoms with Gasteiger partial charge in [0.15, 0.2) is 0 Å². The number of para-hydroxylation sites is 1. The van der Waals surface area contributed by atoms with E-state index in [1.54, 1.807) is 24.3 Å². The first-order chi connectivity index (χ1) is 17.1. The molecule has 2 aromatic rings. The van der Waals surface area contributed by atoms with E-state index in [2.05, 4.69) is 15.4 Å². The average Bonchev–Trinajstić information content (AvgIpc) is 2.85. The molecule has 36 heavy (non-hydrogen) atoms. The Morgan fingerprint density at radius 3 is 2.17 bits per heavy atom. The van der Waals surface area contributed by atoms with Gasteiger partial charge < -0.3 is 20.3 Å². The summed E-state index contributed by atoms with van der Waals surface area (Å²) in [5.74, 6) is -2.05. The fraction of sp³-hybridized carbons (Fsp3) is 0.444. The van der Waals surface area contributed by atoms with E-state index >= 15 is 0 Å². The predicted octanol–water partition coefficient (Wildman–Crippen LogP) is 4.24. The van der Waals surface area contributed by atoms with Gasteiger partial charge in [0.2, 0.25) is 19.2 Å². The van der Waals surface area contributed by atoms with Crippen LogP contribution in [0.5, 0.6) is 0 Å². The van der Waals surface area contributed by atoms with Crippen molar-refractivity contribution in [1.29, 1.82) is 0 Å². The molecule has 0 saturated carbocycles. The number of nitrogens with one attached hydrogen (secondary N) is 2. The molecule has 3 N–H and O–H groups in total. The molecule has 0 aliphatic heterocycles. The Bertz CT molecular complexity index is 1030. The number of esters is 1. The van der Waals surface area contributed by atoms with Crippen molar-refractivity contribution in [2.24, 2.45) is 11.8 Å². The molecule has 2 amide bonds. The quantitative estimate of drug-likeness (QED) is 0.255. The van der Waals surface area contributed by atoms with Gasteiger partial charge in [-0.1, -0.05) is 62.4 Å². The van der Waals surface area contributed by atoms with Crippen molar-refractivity contribution in [3.63, 3.8) is 0 Å². The molecule has 8 nitrogen and oxygen atoms in total. The standard InChI is InChI=1S/C27H37N2O6P/c1-20(2)18-24(27(32)28-23-12-8-5-9-13-23)29-26(31)22(15-14-21-10-6-4-7-11-21)19-36(33,34)17-16-25(30)35-3/h4-13,20,22,24H,14-19H2,1-3H3,(H,28,32)(H,29,31)(H,33,34)/t22-,24+/m1/s1. The molecule has 0 fully saturated rings. The second-order valence-electron chi connectivity index (χ2n) is 9.35. The molecule has 1 unspecified atom stereocenters. The SMILES string of the molecule is COC(=O)CCP(=O)(O)C[C@@H](CCc1ccccc1)C(=O)N[C@@H](CC(C)C)C(=O)Nc1ccccc1. The number of hydrogen-bond acceptors (Lipinski definition) is 5. The number of carbonyl (C=O) groups excluding carboxylic acids is 3. The lowest BCUT2D eigenvalue weighted by molar-refractivity contribution is -0.140. The molecule has 0 spiro atoms. The van der Waals surface area contributed by atoms with Crippen LogP contribution in [0.15, 0.2) is 60.7 Å². The van der Waals surface area contributed by atoms with Crippen LogP contribution in [0.1, 0.15) is 38.7 Å². The molecule has 2 aromatic carbocycles. The van der Waals surface area contributed by atoms with Crippen LogP contribution in [0.4, 0.5) is 5.69 Å². The van der Waals surface area contributed by atoms with Crippen molar-refractivity contribution < 1.29 is 28.6 Å². The fourth-order valence-corrected chi connectivity index (χ4v) is 5.59. The molecular weight excluding hydrogens is 479 g/mol. The molecule has 0 saturated heterocycles. The van der Waals surface area contributed by atoms with Crippen molar-refractivity contribution in [1.82, 2.24) is 5.32 Å². The first-order valence-corrected chi connectivity index (χ1v) is 14.2. The second kappa shape index (κ2) is 14.6. The Hall–Kier alpha value is -2.96. The molecule has 9 heteroatoms. The fourth-order valence-electron chi connectivity index (χ4n) is 3.84. The number of methoxy groups -OCH3 is 1. The van der Waals surface area contributed by atoms with Crippen LogP contribution in [0.3, 0.4) is 0 Å². The van der Waals surface area contributed by atoms with Gasteiger partial charge in [-0.15, -0.1) is 0 Å². The number of benzene rings is 2. The first-order valence-electron chi connectivity index (χ1n) is 12.2. The number of rotatable bonds is 14. The number of carbonyl (C=O) groups is 3. The molecule has 0 aliphatic rings. The Labute approximate surface area is 213 Å². The number of aryl methyl sites for hydroxylation is 1. The van der Waals surface area contributed by atoms with Gasteiger partial charge in [0, 0.05) is 23.9 Å². The van der Waals surface area contributed by atoms with E-state index in [9.17, 15) is 23.8 Å². The monoisotopic (exact) mass is 516 g/mol. The molecule has 2 rings (SSSR count). The highest BCUT2D eigenvalue weighted by atomic mass is 31.2. The summed E-state index contributed by atoms with van der Waals surface area (Å²) in [7, 11) is -2.58. The third-order valence-electron chi connectivity index (χ3n) is 5.78. The smallest absolute Gasteiger partial charge is 0.306 e. The normalized spacial score (nSPS) is 14.4. The Balaban J connectivity index is 2.17. The minimum absolute atomic E-state index is 0.128. The van der Waals surface area contributed by atoms with Gasteiger partial charge in [0.1, 0.15) is 6.04 Å². The predicted molar refractivity (Wildman–Crippen MR) is 141 cm³/mol. The lowest BCUT2D eigenvalue weighted by Crippen LogP contribution is -2.47. The largest absolute Gasteiger partial charge is 0.469 e. The van der Waals surface area contributed by atoms with Crippen LogP contribution < -0.4 is 10.6 Å². The topological polar surface area (TPSA) is 122 Å². The van der Waals surface area contributed by atoms with E-state index in [1.165, 1.54) is 7.11 Å². The van der Waals surface area contributed by atoms with Crippen molar-refractivity contribution in [3.8, 4) is 0 Å².